The van der Waals surface area contributed by atoms with Crippen molar-refractivity contribution >= 4 is 17.4 Å². The van der Waals surface area contributed by atoms with Gasteiger partial charge in [0, 0.05) is 17.2 Å². The first-order valence-electron chi connectivity index (χ1n) is 9.64. The van der Waals surface area contributed by atoms with E-state index in [1.54, 1.807) is 45.0 Å². The molecule has 0 radical (unpaired) electrons. The lowest BCUT2D eigenvalue weighted by molar-refractivity contribution is -0.274. The molecule has 9 heteroatoms. The molecule has 1 atom stereocenters. The Morgan fingerprint density at radius 2 is 1.66 bits per heavy atom. The van der Waals surface area contributed by atoms with Crippen molar-refractivity contribution in [1.82, 2.24) is 0 Å². The highest BCUT2D eigenvalue weighted by Crippen LogP contribution is 2.44. The number of ether oxygens (including phenoxy) is 2. The maximum atomic E-state index is 13.2. The van der Waals surface area contributed by atoms with Crippen LogP contribution in [0.25, 0.3) is 0 Å². The number of hydrogen-bond donors (Lipinski definition) is 1. The number of aliphatic hydroxyl groups excluding tert-OH is 1. The number of aliphatic hydroxyl groups is 1. The highest BCUT2D eigenvalue weighted by molar-refractivity contribution is 6.17. The maximum Gasteiger partial charge on any atom is 0.573 e. The highest BCUT2D eigenvalue weighted by atomic mass is 19.4. The molecule has 0 bridgehead atoms. The van der Waals surface area contributed by atoms with Crippen molar-refractivity contribution in [3.05, 3.63) is 65.4 Å². The molecule has 170 valence electrons. The van der Waals surface area contributed by atoms with E-state index >= 15 is 0 Å². The maximum absolute atomic E-state index is 13.2. The van der Waals surface area contributed by atoms with E-state index in [1.165, 1.54) is 19.2 Å². The van der Waals surface area contributed by atoms with Crippen LogP contribution in [0.4, 0.5) is 18.9 Å². The highest BCUT2D eigenvalue weighted by Gasteiger charge is 2.47. The standard InChI is InChI=1S/C23H22F3NO5/c1-22(2,3)20(29)17-18(13-7-5-9-15(11-13)31-4)27(21(30)19(17)28)14-8-6-10-16(12-14)32-23(24,25)26/h5-12,18,28H,1-4H3. The summed E-state index contributed by atoms with van der Waals surface area (Å²) in [6, 6.07) is 10.3. The van der Waals surface area contributed by atoms with Gasteiger partial charge in [-0.15, -0.1) is 13.2 Å². The summed E-state index contributed by atoms with van der Waals surface area (Å²) < 4.78 is 47.3. The SMILES string of the molecule is COc1cccc(C2C(C(=O)C(C)(C)C)=C(O)C(=O)N2c2cccc(OC(F)(F)F)c2)c1. The zero-order chi connectivity index (χ0) is 23.8. The smallest absolute Gasteiger partial charge is 0.503 e. The Balaban J connectivity index is 2.18. The van der Waals surface area contributed by atoms with E-state index in [4.69, 9.17) is 4.74 Å². The Morgan fingerprint density at radius 3 is 2.25 bits per heavy atom. The van der Waals surface area contributed by atoms with E-state index in [0.29, 0.717) is 11.3 Å². The number of anilines is 1. The lowest BCUT2D eigenvalue weighted by Gasteiger charge is -2.29. The zero-order valence-corrected chi connectivity index (χ0v) is 17.9. The van der Waals surface area contributed by atoms with Gasteiger partial charge in [0.25, 0.3) is 5.91 Å². The summed E-state index contributed by atoms with van der Waals surface area (Å²) in [7, 11) is 1.45. The van der Waals surface area contributed by atoms with E-state index in [1.807, 2.05) is 0 Å². The molecular formula is C23H22F3NO5. The molecule has 0 saturated carbocycles. The minimum absolute atomic E-state index is 0.0211. The van der Waals surface area contributed by atoms with Gasteiger partial charge in [-0.3, -0.25) is 14.5 Å². The lowest BCUT2D eigenvalue weighted by Crippen LogP contribution is -2.33. The summed E-state index contributed by atoms with van der Waals surface area (Å²) in [5.74, 6) is -2.23. The molecule has 1 N–H and O–H groups in total. The molecule has 1 aliphatic rings. The number of methoxy groups -OCH3 is 1. The first-order chi connectivity index (χ1) is 14.8. The van der Waals surface area contributed by atoms with Gasteiger partial charge in [-0.25, -0.2) is 0 Å². The zero-order valence-electron chi connectivity index (χ0n) is 17.9. The molecule has 1 aliphatic heterocycles. The van der Waals surface area contributed by atoms with E-state index in [0.717, 1.165) is 17.0 Å². The molecule has 0 spiro atoms. The summed E-state index contributed by atoms with van der Waals surface area (Å²) in [5, 5.41) is 10.7. The first-order valence-corrected chi connectivity index (χ1v) is 9.64. The monoisotopic (exact) mass is 449 g/mol. The summed E-state index contributed by atoms with van der Waals surface area (Å²) >= 11 is 0. The van der Waals surface area contributed by atoms with Crippen LogP contribution in [0.3, 0.4) is 0 Å². The van der Waals surface area contributed by atoms with Crippen LogP contribution in [0.2, 0.25) is 0 Å². The third-order valence-corrected chi connectivity index (χ3v) is 4.87. The van der Waals surface area contributed by atoms with Crippen LogP contribution in [-0.4, -0.2) is 30.3 Å². The van der Waals surface area contributed by atoms with Crippen LogP contribution < -0.4 is 14.4 Å². The molecular weight excluding hydrogens is 427 g/mol. The van der Waals surface area contributed by atoms with Gasteiger partial charge >= 0.3 is 6.36 Å². The van der Waals surface area contributed by atoms with Gasteiger partial charge in [-0.1, -0.05) is 39.0 Å². The molecule has 32 heavy (non-hydrogen) atoms. The molecule has 1 amide bonds. The Bertz CT molecular complexity index is 1090. The Labute approximate surface area is 182 Å². The van der Waals surface area contributed by atoms with Crippen molar-refractivity contribution < 1.29 is 37.3 Å². The second-order valence-electron chi connectivity index (χ2n) is 8.24. The molecule has 2 aromatic rings. The molecule has 2 aromatic carbocycles. The lowest BCUT2D eigenvalue weighted by atomic mass is 9.82. The number of carbonyl (C=O) groups excluding carboxylic acids is 2. The summed E-state index contributed by atoms with van der Waals surface area (Å²) in [5.41, 5.74) is -0.611. The topological polar surface area (TPSA) is 76.1 Å². The van der Waals surface area contributed by atoms with Crippen LogP contribution >= 0.6 is 0 Å². The Hall–Kier alpha value is -3.49. The number of rotatable bonds is 5. The first kappa shape index (κ1) is 23.2. The second kappa shape index (κ2) is 8.22. The van der Waals surface area contributed by atoms with Crippen molar-refractivity contribution in [3.63, 3.8) is 0 Å². The van der Waals surface area contributed by atoms with Crippen molar-refractivity contribution in [1.29, 1.82) is 0 Å². The second-order valence-corrected chi connectivity index (χ2v) is 8.24. The van der Waals surface area contributed by atoms with Crippen molar-refractivity contribution in [2.75, 3.05) is 12.0 Å². The molecule has 3 rings (SSSR count). The summed E-state index contributed by atoms with van der Waals surface area (Å²) in [4.78, 5) is 27.3. The molecule has 0 fully saturated rings. The fraction of sp³-hybridized carbons (Fsp3) is 0.304. The van der Waals surface area contributed by atoms with Gasteiger partial charge in [-0.05, 0) is 29.8 Å². The number of ketones is 1. The molecule has 1 heterocycles. The van der Waals surface area contributed by atoms with Crippen LogP contribution in [0.1, 0.15) is 32.4 Å². The average Bonchev–Trinajstić information content (AvgIpc) is 2.96. The van der Waals surface area contributed by atoms with Crippen LogP contribution in [-0.2, 0) is 9.59 Å². The third kappa shape index (κ3) is 4.56. The van der Waals surface area contributed by atoms with E-state index in [2.05, 4.69) is 4.74 Å². The molecule has 6 nitrogen and oxygen atoms in total. The van der Waals surface area contributed by atoms with E-state index < -0.39 is 41.0 Å². The number of alkyl halides is 3. The van der Waals surface area contributed by atoms with Crippen molar-refractivity contribution in [2.45, 2.75) is 33.2 Å². The van der Waals surface area contributed by atoms with Gasteiger partial charge in [0.15, 0.2) is 11.5 Å². The number of Topliss-reactive ketones (excluding diaryl/α,β-unsaturated/α-hetero) is 1. The predicted molar refractivity (Wildman–Crippen MR) is 110 cm³/mol. The van der Waals surface area contributed by atoms with E-state index in [9.17, 15) is 27.9 Å². The summed E-state index contributed by atoms with van der Waals surface area (Å²) in [6.07, 6.45) is -4.92. The molecule has 0 saturated heterocycles. The number of carbonyl (C=O) groups is 2. The van der Waals surface area contributed by atoms with Crippen molar-refractivity contribution in [3.8, 4) is 11.5 Å². The molecule has 0 aromatic heterocycles. The van der Waals surface area contributed by atoms with Crippen LogP contribution in [0.15, 0.2) is 59.9 Å². The Kier molecular flexibility index (Phi) is 5.95. The number of amides is 1. The van der Waals surface area contributed by atoms with Gasteiger partial charge in [0.2, 0.25) is 0 Å². The van der Waals surface area contributed by atoms with Crippen LogP contribution in [0, 0.1) is 5.41 Å². The summed E-state index contributed by atoms with van der Waals surface area (Å²) in [6.45, 7) is 4.93. The number of hydrogen-bond acceptors (Lipinski definition) is 5. The van der Waals surface area contributed by atoms with Crippen LogP contribution in [0.5, 0.6) is 11.5 Å². The number of benzene rings is 2. The normalized spacial score (nSPS) is 17.0. The quantitative estimate of drug-likeness (QED) is 0.687. The Morgan fingerprint density at radius 1 is 1.03 bits per heavy atom. The number of nitrogens with zero attached hydrogens (tertiary/aromatic N) is 1. The molecule has 0 aliphatic carbocycles. The van der Waals surface area contributed by atoms with Gasteiger partial charge < -0.3 is 14.6 Å². The largest absolute Gasteiger partial charge is 0.573 e. The minimum atomic E-state index is -4.92. The average molecular weight is 449 g/mol. The fourth-order valence-electron chi connectivity index (χ4n) is 3.47. The van der Waals surface area contributed by atoms with Crippen molar-refractivity contribution in [2.24, 2.45) is 5.41 Å². The molecule has 1 unspecified atom stereocenters. The predicted octanol–water partition coefficient (Wildman–Crippen LogP) is 5.11. The van der Waals surface area contributed by atoms with Gasteiger partial charge in [0.05, 0.1) is 18.7 Å². The van der Waals surface area contributed by atoms with Gasteiger partial charge in [0.1, 0.15) is 11.5 Å². The number of halogens is 3. The fourth-order valence-corrected chi connectivity index (χ4v) is 3.47. The third-order valence-electron chi connectivity index (χ3n) is 4.87. The van der Waals surface area contributed by atoms with Gasteiger partial charge in [-0.2, -0.15) is 0 Å². The van der Waals surface area contributed by atoms with E-state index in [-0.39, 0.29) is 11.3 Å². The minimum Gasteiger partial charge on any atom is -0.503 e.